The monoisotopic (exact) mass is 386 g/mol. The lowest BCUT2D eigenvalue weighted by atomic mass is 10.0. The van der Waals surface area contributed by atoms with Gasteiger partial charge >= 0.3 is 0 Å². The molecule has 3 rings (SSSR count). The van der Waals surface area contributed by atoms with Crippen LogP contribution in [-0.4, -0.2) is 15.4 Å². The highest BCUT2D eigenvalue weighted by Gasteiger charge is 2.12. The molecule has 7 nitrogen and oxygen atoms in total. The van der Waals surface area contributed by atoms with Crippen molar-refractivity contribution in [3.63, 3.8) is 0 Å². The maximum absolute atomic E-state index is 11.3. The van der Waals surface area contributed by atoms with Crippen LogP contribution in [0.1, 0.15) is 32.9 Å². The molecule has 1 heterocycles. The van der Waals surface area contributed by atoms with E-state index in [-0.39, 0.29) is 5.69 Å². The molecule has 0 fully saturated rings. The molecule has 0 aliphatic carbocycles. The number of nitrogens with two attached hydrogens (primary N) is 1. The van der Waals surface area contributed by atoms with Crippen LogP contribution in [0.4, 0.5) is 5.69 Å². The second-order valence-electron chi connectivity index (χ2n) is 6.55. The zero-order valence-electron chi connectivity index (χ0n) is 15.9. The molecule has 2 aromatic carbocycles. The summed E-state index contributed by atoms with van der Waals surface area (Å²) in [7, 11) is 0. The third-order valence-electron chi connectivity index (χ3n) is 4.69. The minimum Gasteiger partial charge on any atom is -0.366 e. The molecule has 2 N–H and O–H groups in total. The third kappa shape index (κ3) is 3.92. The van der Waals surface area contributed by atoms with Crippen molar-refractivity contribution in [2.45, 2.75) is 13.8 Å². The summed E-state index contributed by atoms with van der Waals surface area (Å²) >= 11 is 0. The van der Waals surface area contributed by atoms with E-state index in [9.17, 15) is 20.2 Å². The Bertz CT molecular complexity index is 1160. The SMILES string of the molecule is Cc1cc(/C=C(/C#N)c2ccc([N+](=O)[O-])cc2)c(C)n1-c1ccc(C(N)=O)cc1. The summed E-state index contributed by atoms with van der Waals surface area (Å²) in [5.41, 5.74) is 10.3. The van der Waals surface area contributed by atoms with Crippen molar-refractivity contribution in [3.8, 4) is 11.8 Å². The molecule has 29 heavy (non-hydrogen) atoms. The smallest absolute Gasteiger partial charge is 0.269 e. The summed E-state index contributed by atoms with van der Waals surface area (Å²) in [5.74, 6) is -0.483. The van der Waals surface area contributed by atoms with Crippen molar-refractivity contribution in [1.29, 1.82) is 5.26 Å². The Balaban J connectivity index is 2.01. The number of aromatic nitrogens is 1. The zero-order valence-corrected chi connectivity index (χ0v) is 15.9. The molecule has 1 amide bonds. The number of hydrogen-bond donors (Lipinski definition) is 1. The number of amides is 1. The van der Waals surface area contributed by atoms with Gasteiger partial charge in [0.1, 0.15) is 0 Å². The maximum atomic E-state index is 11.3. The number of primary amides is 1. The van der Waals surface area contributed by atoms with E-state index >= 15 is 0 Å². The van der Waals surface area contributed by atoms with Gasteiger partial charge in [-0.2, -0.15) is 5.26 Å². The van der Waals surface area contributed by atoms with Gasteiger partial charge in [-0.05, 0) is 73.5 Å². The minimum absolute atomic E-state index is 0.0244. The first kappa shape index (κ1) is 19.6. The van der Waals surface area contributed by atoms with Crippen LogP contribution in [0.5, 0.6) is 0 Å². The molecular formula is C22H18N4O3. The number of non-ortho nitro benzene ring substituents is 1. The van der Waals surface area contributed by atoms with Crippen molar-refractivity contribution < 1.29 is 9.72 Å². The van der Waals surface area contributed by atoms with Gasteiger partial charge in [-0.25, -0.2) is 0 Å². The number of allylic oxidation sites excluding steroid dienone is 1. The lowest BCUT2D eigenvalue weighted by Crippen LogP contribution is -2.10. The van der Waals surface area contributed by atoms with Crippen molar-refractivity contribution >= 4 is 23.2 Å². The number of benzene rings is 2. The van der Waals surface area contributed by atoms with Crippen LogP contribution in [-0.2, 0) is 0 Å². The van der Waals surface area contributed by atoms with Crippen molar-refractivity contribution in [1.82, 2.24) is 4.57 Å². The number of hydrogen-bond acceptors (Lipinski definition) is 4. The number of carbonyl (C=O) groups is 1. The lowest BCUT2D eigenvalue weighted by Gasteiger charge is -2.10. The van der Waals surface area contributed by atoms with Crippen LogP contribution in [0.3, 0.4) is 0 Å². The van der Waals surface area contributed by atoms with E-state index in [4.69, 9.17) is 5.73 Å². The van der Waals surface area contributed by atoms with Crippen LogP contribution in [0.15, 0.2) is 54.6 Å². The minimum atomic E-state index is -0.483. The fraction of sp³-hybridized carbons (Fsp3) is 0.0909. The van der Waals surface area contributed by atoms with E-state index in [1.807, 2.05) is 36.6 Å². The molecule has 0 atom stereocenters. The highest BCUT2D eigenvalue weighted by atomic mass is 16.6. The molecule has 144 valence electrons. The summed E-state index contributed by atoms with van der Waals surface area (Å²) in [4.78, 5) is 21.6. The maximum Gasteiger partial charge on any atom is 0.269 e. The molecular weight excluding hydrogens is 368 g/mol. The number of carbonyl (C=O) groups excluding carboxylic acids is 1. The highest BCUT2D eigenvalue weighted by molar-refractivity contribution is 5.93. The number of rotatable bonds is 5. The Morgan fingerprint density at radius 1 is 1.10 bits per heavy atom. The Hall–Kier alpha value is -4.18. The average molecular weight is 386 g/mol. The van der Waals surface area contributed by atoms with E-state index in [0.29, 0.717) is 16.7 Å². The summed E-state index contributed by atoms with van der Waals surface area (Å²) < 4.78 is 2.02. The largest absolute Gasteiger partial charge is 0.366 e. The number of nitrogens with zero attached hydrogens (tertiary/aromatic N) is 3. The number of aryl methyl sites for hydroxylation is 1. The van der Waals surface area contributed by atoms with Gasteiger partial charge in [0.15, 0.2) is 0 Å². The molecule has 0 unspecified atom stereocenters. The topological polar surface area (TPSA) is 115 Å². The molecule has 0 saturated carbocycles. The van der Waals surface area contributed by atoms with Gasteiger partial charge in [0.2, 0.25) is 5.91 Å². The Morgan fingerprint density at radius 2 is 1.69 bits per heavy atom. The Labute approximate surface area is 167 Å². The summed E-state index contributed by atoms with van der Waals surface area (Å²) in [6.07, 6.45) is 1.76. The van der Waals surface area contributed by atoms with Gasteiger partial charge in [-0.1, -0.05) is 0 Å². The standard InChI is InChI=1S/C22H18N4O3/c1-14-11-18(12-19(13-23)16-3-9-21(10-4-16)26(28)29)15(2)25(14)20-7-5-17(6-8-20)22(24)27/h3-12H,1-2H3,(H2,24,27)/b19-12-. The van der Waals surface area contributed by atoms with Crippen LogP contribution in [0.2, 0.25) is 0 Å². The van der Waals surface area contributed by atoms with Crippen molar-refractivity contribution in [2.24, 2.45) is 5.73 Å². The number of nitro groups is 1. The van der Waals surface area contributed by atoms with Gasteiger partial charge in [0, 0.05) is 34.8 Å². The molecule has 0 aliphatic rings. The summed E-state index contributed by atoms with van der Waals surface area (Å²) in [6.45, 7) is 3.88. The number of nitro benzene ring substituents is 1. The van der Waals surface area contributed by atoms with Crippen molar-refractivity contribution in [3.05, 3.63) is 92.8 Å². The first-order valence-electron chi connectivity index (χ1n) is 8.77. The summed E-state index contributed by atoms with van der Waals surface area (Å²) in [5, 5.41) is 20.4. The van der Waals surface area contributed by atoms with Gasteiger partial charge < -0.3 is 10.3 Å². The molecule has 0 bridgehead atoms. The highest BCUT2D eigenvalue weighted by Crippen LogP contribution is 2.26. The Kier molecular flexibility index (Phi) is 5.28. The molecule has 1 aromatic heterocycles. The zero-order chi connectivity index (χ0) is 21.1. The van der Waals surface area contributed by atoms with E-state index in [1.54, 1.807) is 30.3 Å². The van der Waals surface area contributed by atoms with E-state index < -0.39 is 10.8 Å². The Morgan fingerprint density at radius 3 is 2.21 bits per heavy atom. The van der Waals surface area contributed by atoms with Gasteiger partial charge in [0.25, 0.3) is 5.69 Å². The van der Waals surface area contributed by atoms with E-state index in [2.05, 4.69) is 6.07 Å². The normalized spacial score (nSPS) is 11.1. The van der Waals surface area contributed by atoms with E-state index in [1.165, 1.54) is 12.1 Å². The van der Waals surface area contributed by atoms with Crippen LogP contribution < -0.4 is 5.73 Å². The quantitative estimate of drug-likeness (QED) is 0.402. The number of nitriles is 1. The van der Waals surface area contributed by atoms with Crippen LogP contribution in [0.25, 0.3) is 17.3 Å². The molecule has 0 radical (unpaired) electrons. The second-order valence-corrected chi connectivity index (χ2v) is 6.55. The third-order valence-corrected chi connectivity index (χ3v) is 4.69. The van der Waals surface area contributed by atoms with E-state index in [0.717, 1.165) is 22.6 Å². The fourth-order valence-corrected chi connectivity index (χ4v) is 3.20. The molecule has 3 aromatic rings. The average Bonchev–Trinajstić information content (AvgIpc) is 2.99. The predicted molar refractivity (Wildman–Crippen MR) is 110 cm³/mol. The molecule has 0 spiro atoms. The van der Waals surface area contributed by atoms with Crippen LogP contribution >= 0.6 is 0 Å². The summed E-state index contributed by atoms with van der Waals surface area (Å²) in [6, 6.07) is 17.0. The first-order valence-corrected chi connectivity index (χ1v) is 8.77. The molecule has 0 aliphatic heterocycles. The first-order chi connectivity index (χ1) is 13.8. The van der Waals surface area contributed by atoms with Crippen molar-refractivity contribution in [2.75, 3.05) is 0 Å². The lowest BCUT2D eigenvalue weighted by molar-refractivity contribution is -0.384. The second kappa shape index (κ2) is 7.82. The van der Waals surface area contributed by atoms with Gasteiger partial charge in [0.05, 0.1) is 16.6 Å². The van der Waals surface area contributed by atoms with Gasteiger partial charge in [-0.3, -0.25) is 14.9 Å². The van der Waals surface area contributed by atoms with Gasteiger partial charge in [-0.15, -0.1) is 0 Å². The fourth-order valence-electron chi connectivity index (χ4n) is 3.20. The molecule has 7 heteroatoms. The molecule has 0 saturated heterocycles. The van der Waals surface area contributed by atoms with Crippen LogP contribution in [0, 0.1) is 35.3 Å². The predicted octanol–water partition coefficient (Wildman–Crippen LogP) is 4.17.